The molecule has 0 aromatic heterocycles. The number of carbonyl (C=O) groups excluding carboxylic acids is 2. The highest BCUT2D eigenvalue weighted by atomic mass is 19.1. The summed E-state index contributed by atoms with van der Waals surface area (Å²) in [6.07, 6.45) is 0. The molecule has 5 heteroatoms. The zero-order chi connectivity index (χ0) is 14.0. The SMILES string of the molecule is CC(C)N1CCN(C(=O)c2cccc(F)c2)CC1=O. The van der Waals surface area contributed by atoms with E-state index in [1.165, 1.54) is 23.1 Å². The minimum Gasteiger partial charge on any atom is -0.337 e. The van der Waals surface area contributed by atoms with Crippen LogP contribution in [0.2, 0.25) is 0 Å². The largest absolute Gasteiger partial charge is 0.337 e. The molecule has 2 amide bonds. The second-order valence-electron chi connectivity index (χ2n) is 4.92. The number of piperazine rings is 1. The summed E-state index contributed by atoms with van der Waals surface area (Å²) in [4.78, 5) is 27.3. The molecule has 0 spiro atoms. The molecule has 0 saturated carbocycles. The van der Waals surface area contributed by atoms with Crippen LogP contribution >= 0.6 is 0 Å². The molecule has 19 heavy (non-hydrogen) atoms. The van der Waals surface area contributed by atoms with Gasteiger partial charge in [0.15, 0.2) is 0 Å². The summed E-state index contributed by atoms with van der Waals surface area (Å²) in [6.45, 7) is 4.97. The Morgan fingerprint density at radius 3 is 2.63 bits per heavy atom. The Kier molecular flexibility index (Phi) is 3.83. The number of carbonyl (C=O) groups is 2. The molecule has 0 unspecified atom stereocenters. The van der Waals surface area contributed by atoms with E-state index in [1.54, 1.807) is 11.0 Å². The third kappa shape index (κ3) is 2.92. The van der Waals surface area contributed by atoms with Crippen LogP contribution in [-0.4, -0.2) is 47.3 Å². The summed E-state index contributed by atoms with van der Waals surface area (Å²) in [5.41, 5.74) is 0.283. The lowest BCUT2D eigenvalue weighted by Gasteiger charge is -2.36. The maximum atomic E-state index is 13.1. The van der Waals surface area contributed by atoms with Crippen molar-refractivity contribution < 1.29 is 14.0 Å². The van der Waals surface area contributed by atoms with Gasteiger partial charge < -0.3 is 9.80 Å². The second-order valence-corrected chi connectivity index (χ2v) is 4.92. The molecular formula is C14H17FN2O2. The molecule has 4 nitrogen and oxygen atoms in total. The topological polar surface area (TPSA) is 40.6 Å². The van der Waals surface area contributed by atoms with Gasteiger partial charge in [-0.3, -0.25) is 9.59 Å². The van der Waals surface area contributed by atoms with Crippen molar-refractivity contribution in [3.8, 4) is 0 Å². The van der Waals surface area contributed by atoms with E-state index in [2.05, 4.69) is 0 Å². The summed E-state index contributed by atoms with van der Waals surface area (Å²) in [7, 11) is 0. The summed E-state index contributed by atoms with van der Waals surface area (Å²) in [5.74, 6) is -0.805. The zero-order valence-electron chi connectivity index (χ0n) is 11.1. The van der Waals surface area contributed by atoms with E-state index in [4.69, 9.17) is 0 Å². The first-order chi connectivity index (χ1) is 8.99. The molecule has 1 aliphatic heterocycles. The van der Waals surface area contributed by atoms with Gasteiger partial charge in [0.25, 0.3) is 5.91 Å². The monoisotopic (exact) mass is 264 g/mol. The van der Waals surface area contributed by atoms with Crippen molar-refractivity contribution in [2.75, 3.05) is 19.6 Å². The Bertz CT molecular complexity index is 502. The Balaban J connectivity index is 2.08. The van der Waals surface area contributed by atoms with Crippen molar-refractivity contribution in [2.45, 2.75) is 19.9 Å². The van der Waals surface area contributed by atoms with Gasteiger partial charge in [0.2, 0.25) is 5.91 Å². The molecule has 1 aromatic rings. The van der Waals surface area contributed by atoms with Crippen molar-refractivity contribution in [3.63, 3.8) is 0 Å². The Morgan fingerprint density at radius 1 is 1.32 bits per heavy atom. The predicted octanol–water partition coefficient (Wildman–Crippen LogP) is 1.52. The Hall–Kier alpha value is -1.91. The first kappa shape index (κ1) is 13.5. The normalized spacial score (nSPS) is 16.1. The number of halogens is 1. The molecule has 2 rings (SSSR count). The minimum atomic E-state index is -0.446. The number of benzene rings is 1. The highest BCUT2D eigenvalue weighted by molar-refractivity contribution is 5.97. The van der Waals surface area contributed by atoms with Gasteiger partial charge in [-0.2, -0.15) is 0 Å². The van der Waals surface area contributed by atoms with Gasteiger partial charge in [-0.05, 0) is 32.0 Å². The standard InChI is InChI=1S/C14H17FN2O2/c1-10(2)17-7-6-16(9-13(17)18)14(19)11-4-3-5-12(15)8-11/h3-5,8,10H,6-7,9H2,1-2H3. The molecule has 102 valence electrons. The highest BCUT2D eigenvalue weighted by Crippen LogP contribution is 2.12. The van der Waals surface area contributed by atoms with E-state index in [-0.39, 0.29) is 30.0 Å². The number of amides is 2. The zero-order valence-corrected chi connectivity index (χ0v) is 11.1. The van der Waals surface area contributed by atoms with Crippen molar-refractivity contribution in [1.82, 2.24) is 9.80 Å². The summed E-state index contributed by atoms with van der Waals surface area (Å²) < 4.78 is 13.1. The second kappa shape index (κ2) is 5.38. The van der Waals surface area contributed by atoms with E-state index in [0.29, 0.717) is 13.1 Å². The van der Waals surface area contributed by atoms with Gasteiger partial charge in [0.1, 0.15) is 12.4 Å². The average molecular weight is 264 g/mol. The van der Waals surface area contributed by atoms with E-state index in [1.807, 2.05) is 13.8 Å². The lowest BCUT2D eigenvalue weighted by Crippen LogP contribution is -2.54. The van der Waals surface area contributed by atoms with Crippen LogP contribution < -0.4 is 0 Å². The summed E-state index contributed by atoms with van der Waals surface area (Å²) in [5, 5.41) is 0. The summed E-state index contributed by atoms with van der Waals surface area (Å²) in [6, 6.07) is 5.68. The quantitative estimate of drug-likeness (QED) is 0.812. The van der Waals surface area contributed by atoms with Crippen molar-refractivity contribution >= 4 is 11.8 Å². The first-order valence-corrected chi connectivity index (χ1v) is 6.33. The predicted molar refractivity (Wildman–Crippen MR) is 69.2 cm³/mol. The van der Waals surface area contributed by atoms with Crippen LogP contribution in [0.1, 0.15) is 24.2 Å². The smallest absolute Gasteiger partial charge is 0.254 e. The lowest BCUT2D eigenvalue weighted by molar-refractivity contribution is -0.136. The van der Waals surface area contributed by atoms with Gasteiger partial charge in [0, 0.05) is 24.7 Å². The van der Waals surface area contributed by atoms with E-state index < -0.39 is 5.82 Å². The maximum absolute atomic E-state index is 13.1. The van der Waals surface area contributed by atoms with Crippen LogP contribution in [0.15, 0.2) is 24.3 Å². The van der Waals surface area contributed by atoms with Gasteiger partial charge in [0.05, 0.1) is 0 Å². The highest BCUT2D eigenvalue weighted by Gasteiger charge is 2.28. The van der Waals surface area contributed by atoms with Gasteiger partial charge >= 0.3 is 0 Å². The fourth-order valence-electron chi connectivity index (χ4n) is 2.21. The van der Waals surface area contributed by atoms with Gasteiger partial charge in [-0.1, -0.05) is 6.07 Å². The molecule has 0 atom stereocenters. The van der Waals surface area contributed by atoms with Crippen molar-refractivity contribution in [2.24, 2.45) is 0 Å². The molecule has 0 aliphatic carbocycles. The minimum absolute atomic E-state index is 0.0630. The first-order valence-electron chi connectivity index (χ1n) is 6.33. The van der Waals surface area contributed by atoms with E-state index in [9.17, 15) is 14.0 Å². The van der Waals surface area contributed by atoms with E-state index in [0.717, 1.165) is 0 Å². The third-order valence-corrected chi connectivity index (χ3v) is 3.24. The van der Waals surface area contributed by atoms with Crippen molar-refractivity contribution in [1.29, 1.82) is 0 Å². The molecule has 0 radical (unpaired) electrons. The van der Waals surface area contributed by atoms with Crippen LogP contribution in [0.4, 0.5) is 4.39 Å². The molecular weight excluding hydrogens is 247 g/mol. The fourth-order valence-corrected chi connectivity index (χ4v) is 2.21. The van der Waals surface area contributed by atoms with Gasteiger partial charge in [-0.25, -0.2) is 4.39 Å². The van der Waals surface area contributed by atoms with Crippen LogP contribution in [0.25, 0.3) is 0 Å². The Labute approximate surface area is 111 Å². The fraction of sp³-hybridized carbons (Fsp3) is 0.429. The third-order valence-electron chi connectivity index (χ3n) is 3.24. The van der Waals surface area contributed by atoms with Crippen LogP contribution in [0.5, 0.6) is 0 Å². The molecule has 0 N–H and O–H groups in total. The molecule has 1 aliphatic rings. The van der Waals surface area contributed by atoms with Crippen LogP contribution in [-0.2, 0) is 4.79 Å². The molecule has 0 bridgehead atoms. The number of nitrogens with zero attached hydrogens (tertiary/aromatic N) is 2. The average Bonchev–Trinajstić information content (AvgIpc) is 2.37. The number of hydrogen-bond donors (Lipinski definition) is 0. The Morgan fingerprint density at radius 2 is 2.05 bits per heavy atom. The maximum Gasteiger partial charge on any atom is 0.254 e. The van der Waals surface area contributed by atoms with Crippen LogP contribution in [0, 0.1) is 5.82 Å². The molecule has 1 saturated heterocycles. The number of hydrogen-bond acceptors (Lipinski definition) is 2. The van der Waals surface area contributed by atoms with E-state index >= 15 is 0 Å². The molecule has 1 heterocycles. The molecule has 1 aromatic carbocycles. The van der Waals surface area contributed by atoms with Crippen LogP contribution in [0.3, 0.4) is 0 Å². The number of rotatable bonds is 2. The van der Waals surface area contributed by atoms with Crippen molar-refractivity contribution in [3.05, 3.63) is 35.6 Å². The summed E-state index contributed by atoms with van der Waals surface area (Å²) >= 11 is 0. The molecule has 1 fully saturated rings. The lowest BCUT2D eigenvalue weighted by atomic mass is 10.1. The van der Waals surface area contributed by atoms with Gasteiger partial charge in [-0.15, -0.1) is 0 Å².